The topological polar surface area (TPSA) is 41.6 Å². The molecule has 0 bridgehead atoms. The van der Waals surface area contributed by atoms with E-state index >= 15 is 0 Å². The maximum absolute atomic E-state index is 10.8. The number of aromatic nitrogens is 2. The first-order valence-corrected chi connectivity index (χ1v) is 14.8. The van der Waals surface area contributed by atoms with Crippen molar-refractivity contribution in [3.05, 3.63) is 83.2 Å². The third kappa shape index (κ3) is 5.67. The molecule has 0 spiro atoms. The Morgan fingerprint density at radius 3 is 1.95 bits per heavy atom. The Balaban J connectivity index is 2.05. The van der Waals surface area contributed by atoms with Crippen LogP contribution in [-0.2, 0) is 18.3 Å². The summed E-state index contributed by atoms with van der Waals surface area (Å²) in [4.78, 5) is 5.07. The Hall–Kier alpha value is -3.38. The van der Waals surface area contributed by atoms with Crippen molar-refractivity contribution in [2.75, 3.05) is 0 Å². The molecule has 0 aliphatic rings. The van der Waals surface area contributed by atoms with E-state index in [1.165, 1.54) is 22.3 Å². The molecule has 2 aromatic carbocycles. The maximum Gasteiger partial charge on any atom is 0.0848 e. The van der Waals surface area contributed by atoms with Crippen molar-refractivity contribution < 1.29 is 0 Å². The van der Waals surface area contributed by atoms with Crippen molar-refractivity contribution in [3.63, 3.8) is 0 Å². The molecule has 4 rings (SSSR count). The monoisotopic (exact) mass is 519 g/mol. The van der Waals surface area contributed by atoms with Crippen LogP contribution in [0, 0.1) is 23.2 Å². The summed E-state index contributed by atoms with van der Waals surface area (Å²) in [5.74, 6) is 1.29. The highest BCUT2D eigenvalue weighted by Gasteiger charge is 2.37. The lowest BCUT2D eigenvalue weighted by atomic mass is 9.70. The van der Waals surface area contributed by atoms with Gasteiger partial charge in [-0.15, -0.1) is 0 Å². The summed E-state index contributed by atoms with van der Waals surface area (Å²) < 4.78 is 2.25. The number of pyridine rings is 1. The van der Waals surface area contributed by atoms with E-state index in [1.54, 1.807) is 0 Å². The van der Waals surface area contributed by atoms with Gasteiger partial charge in [-0.1, -0.05) is 85.7 Å². The molecule has 39 heavy (non-hydrogen) atoms. The second kappa shape index (κ2) is 11.8. The second-order valence-electron chi connectivity index (χ2n) is 12.3. The molecule has 2 heterocycles. The SMILES string of the molecule is CCc1cccc(CC)c1-c1cc2c(C(C#N)(CC(C)C)CC(C)C)cn(-c3ccc(C(C)C)cc3)c2cn1. The van der Waals surface area contributed by atoms with Crippen LogP contribution >= 0.6 is 0 Å². The van der Waals surface area contributed by atoms with Crippen molar-refractivity contribution in [2.24, 2.45) is 11.8 Å². The quantitative estimate of drug-likeness (QED) is 0.209. The summed E-state index contributed by atoms with van der Waals surface area (Å²) in [6.07, 6.45) is 7.85. The van der Waals surface area contributed by atoms with E-state index in [2.05, 4.69) is 121 Å². The zero-order chi connectivity index (χ0) is 28.3. The molecule has 0 atom stereocenters. The standard InChI is InChI=1S/C36H45N3/c1-9-27-12-11-13-28(10-2)35(27)33-18-31-32(36(23-37,19-24(3)4)20-25(5)6)22-39(34(31)21-38-33)30-16-14-29(15-17-30)26(7)8/h11-18,21-22,24-26H,9-10,19-20H2,1-8H3. The molecule has 4 aromatic rings. The summed E-state index contributed by atoms with van der Waals surface area (Å²) in [6, 6.07) is 20.6. The number of rotatable bonds is 10. The van der Waals surface area contributed by atoms with Crippen LogP contribution in [-0.4, -0.2) is 9.55 Å². The van der Waals surface area contributed by atoms with Crippen molar-refractivity contribution in [1.29, 1.82) is 5.26 Å². The molecule has 0 unspecified atom stereocenters. The Morgan fingerprint density at radius 2 is 1.46 bits per heavy atom. The van der Waals surface area contributed by atoms with Gasteiger partial charge in [0.2, 0.25) is 0 Å². The van der Waals surface area contributed by atoms with Gasteiger partial charge in [0.25, 0.3) is 0 Å². The van der Waals surface area contributed by atoms with E-state index in [4.69, 9.17) is 4.98 Å². The van der Waals surface area contributed by atoms with Gasteiger partial charge in [0.05, 0.1) is 28.9 Å². The third-order valence-electron chi connectivity index (χ3n) is 8.03. The first kappa shape index (κ1) is 28.6. The Bertz CT molecular complexity index is 1430. The number of nitrogens with zero attached hydrogens (tertiary/aromatic N) is 3. The van der Waals surface area contributed by atoms with Crippen LogP contribution in [0.3, 0.4) is 0 Å². The highest BCUT2D eigenvalue weighted by Crippen LogP contribution is 2.43. The molecule has 0 aliphatic carbocycles. The van der Waals surface area contributed by atoms with Crippen molar-refractivity contribution in [2.45, 2.75) is 92.4 Å². The number of fused-ring (bicyclic) bond motifs is 1. The van der Waals surface area contributed by atoms with E-state index in [9.17, 15) is 5.26 Å². The minimum absolute atomic E-state index is 0.404. The number of hydrogen-bond acceptors (Lipinski definition) is 2. The Kier molecular flexibility index (Phi) is 8.65. The van der Waals surface area contributed by atoms with Gasteiger partial charge in [-0.05, 0) is 83.9 Å². The van der Waals surface area contributed by atoms with E-state index in [0.29, 0.717) is 17.8 Å². The number of hydrogen-bond donors (Lipinski definition) is 0. The van der Waals surface area contributed by atoms with E-state index in [0.717, 1.165) is 53.5 Å². The van der Waals surface area contributed by atoms with Gasteiger partial charge in [-0.2, -0.15) is 5.26 Å². The number of nitriles is 1. The van der Waals surface area contributed by atoms with Crippen LogP contribution in [0.15, 0.2) is 60.9 Å². The first-order valence-electron chi connectivity index (χ1n) is 14.8. The number of aryl methyl sites for hydroxylation is 2. The molecule has 0 radical (unpaired) electrons. The molecule has 0 N–H and O–H groups in total. The fourth-order valence-electron chi connectivity index (χ4n) is 6.30. The van der Waals surface area contributed by atoms with Crippen LogP contribution in [0.2, 0.25) is 0 Å². The van der Waals surface area contributed by atoms with Gasteiger partial charge in [0, 0.05) is 22.8 Å². The molecule has 0 aliphatic heterocycles. The summed E-state index contributed by atoms with van der Waals surface area (Å²) in [5.41, 5.74) is 8.95. The van der Waals surface area contributed by atoms with Crippen molar-refractivity contribution >= 4 is 10.9 Å². The van der Waals surface area contributed by atoms with Gasteiger partial charge in [0.15, 0.2) is 0 Å². The summed E-state index contributed by atoms with van der Waals surface area (Å²) in [5, 5.41) is 12.0. The molecule has 2 aromatic heterocycles. The molecule has 0 saturated carbocycles. The highest BCUT2D eigenvalue weighted by molar-refractivity contribution is 5.90. The second-order valence-corrected chi connectivity index (χ2v) is 12.3. The van der Waals surface area contributed by atoms with Crippen LogP contribution < -0.4 is 0 Å². The fourth-order valence-corrected chi connectivity index (χ4v) is 6.30. The van der Waals surface area contributed by atoms with Gasteiger partial charge >= 0.3 is 0 Å². The first-order chi connectivity index (χ1) is 18.6. The minimum atomic E-state index is -0.569. The number of benzene rings is 2. The van der Waals surface area contributed by atoms with Crippen LogP contribution in [0.4, 0.5) is 0 Å². The third-order valence-corrected chi connectivity index (χ3v) is 8.03. The van der Waals surface area contributed by atoms with Gasteiger partial charge < -0.3 is 4.57 Å². The molecule has 0 saturated heterocycles. The normalized spacial score (nSPS) is 12.2. The predicted octanol–water partition coefficient (Wildman–Crippen LogP) is 9.79. The molecule has 3 heteroatoms. The zero-order valence-electron chi connectivity index (χ0n) is 25.2. The lowest BCUT2D eigenvalue weighted by Gasteiger charge is -2.30. The van der Waals surface area contributed by atoms with E-state index in [-0.39, 0.29) is 0 Å². The Morgan fingerprint density at radius 1 is 0.872 bits per heavy atom. The highest BCUT2D eigenvalue weighted by atomic mass is 15.0. The molecule has 3 nitrogen and oxygen atoms in total. The van der Waals surface area contributed by atoms with E-state index in [1.807, 2.05) is 6.20 Å². The predicted molar refractivity (Wildman–Crippen MR) is 166 cm³/mol. The fraction of sp³-hybridized carbons (Fsp3) is 0.444. The summed E-state index contributed by atoms with van der Waals surface area (Å²) in [6.45, 7) is 17.8. The molecule has 0 amide bonds. The van der Waals surface area contributed by atoms with Crippen LogP contribution in [0.5, 0.6) is 0 Å². The van der Waals surface area contributed by atoms with Gasteiger partial charge in [0.1, 0.15) is 0 Å². The summed E-state index contributed by atoms with van der Waals surface area (Å²) >= 11 is 0. The maximum atomic E-state index is 10.8. The zero-order valence-corrected chi connectivity index (χ0v) is 25.2. The molecule has 0 fully saturated rings. The van der Waals surface area contributed by atoms with Crippen molar-refractivity contribution in [1.82, 2.24) is 9.55 Å². The van der Waals surface area contributed by atoms with Crippen molar-refractivity contribution in [3.8, 4) is 23.0 Å². The lowest BCUT2D eigenvalue weighted by Crippen LogP contribution is -2.28. The molecular weight excluding hydrogens is 474 g/mol. The van der Waals surface area contributed by atoms with Crippen LogP contribution in [0.25, 0.3) is 27.8 Å². The largest absolute Gasteiger partial charge is 0.315 e. The molecule has 204 valence electrons. The van der Waals surface area contributed by atoms with E-state index < -0.39 is 5.41 Å². The Labute approximate surface area is 235 Å². The minimum Gasteiger partial charge on any atom is -0.315 e. The van der Waals surface area contributed by atoms with Gasteiger partial charge in [-0.25, -0.2) is 0 Å². The van der Waals surface area contributed by atoms with Gasteiger partial charge in [-0.3, -0.25) is 4.98 Å². The average molecular weight is 520 g/mol. The molecular formula is C36H45N3. The van der Waals surface area contributed by atoms with Crippen LogP contribution in [0.1, 0.15) is 96.4 Å². The average Bonchev–Trinajstić information content (AvgIpc) is 3.31. The smallest absolute Gasteiger partial charge is 0.0848 e. The lowest BCUT2D eigenvalue weighted by molar-refractivity contribution is 0.352. The summed E-state index contributed by atoms with van der Waals surface area (Å²) in [7, 11) is 0.